The lowest BCUT2D eigenvalue weighted by Gasteiger charge is -2.27. The van der Waals surface area contributed by atoms with Crippen molar-refractivity contribution in [2.24, 2.45) is 0 Å². The molecule has 0 radical (unpaired) electrons. The fourth-order valence-corrected chi connectivity index (χ4v) is 4.31. The Balaban J connectivity index is 1.44. The number of nitrogens with zero attached hydrogens (tertiary/aromatic N) is 5. The summed E-state index contributed by atoms with van der Waals surface area (Å²) in [5.41, 5.74) is 1.33. The van der Waals surface area contributed by atoms with E-state index in [9.17, 15) is 13.2 Å². The summed E-state index contributed by atoms with van der Waals surface area (Å²) in [6, 6.07) is 9.15. The average molecular weight is 454 g/mol. The predicted octanol–water partition coefficient (Wildman–Crippen LogP) is 2.62. The van der Waals surface area contributed by atoms with E-state index in [2.05, 4.69) is 34.9 Å². The maximum atomic E-state index is 12.6. The van der Waals surface area contributed by atoms with Gasteiger partial charge in [-0.25, -0.2) is 33.1 Å². The minimum absolute atomic E-state index is 0.00403. The van der Waals surface area contributed by atoms with Gasteiger partial charge in [0.05, 0.1) is 4.90 Å². The predicted molar refractivity (Wildman–Crippen MR) is 120 cm³/mol. The smallest absolute Gasteiger partial charge is 0.274 e. The highest BCUT2D eigenvalue weighted by Gasteiger charge is 2.18. The molecule has 0 spiro atoms. The molecule has 1 aromatic carbocycles. The van der Waals surface area contributed by atoms with Gasteiger partial charge < -0.3 is 10.2 Å². The second-order valence-electron chi connectivity index (χ2n) is 7.41. The monoisotopic (exact) mass is 453 g/mol. The molecule has 0 aliphatic carbocycles. The first-order valence-corrected chi connectivity index (χ1v) is 11.7. The van der Waals surface area contributed by atoms with Gasteiger partial charge in [-0.1, -0.05) is 0 Å². The van der Waals surface area contributed by atoms with Crippen LogP contribution in [0.3, 0.4) is 0 Å². The van der Waals surface area contributed by atoms with E-state index in [1.165, 1.54) is 43.2 Å². The molecule has 32 heavy (non-hydrogen) atoms. The molecule has 1 amide bonds. The molecule has 0 unspecified atom stereocenters. The Morgan fingerprint density at radius 2 is 1.75 bits per heavy atom. The Labute approximate surface area is 186 Å². The SMILES string of the molecule is Cc1ccnc(NS(=O)(=O)c2ccc(NC(=O)c3cc(N4CCCCC4)ncn3)cc2)n1. The summed E-state index contributed by atoms with van der Waals surface area (Å²) < 4.78 is 27.5. The Hall–Kier alpha value is -3.60. The first-order valence-electron chi connectivity index (χ1n) is 10.2. The van der Waals surface area contributed by atoms with Crippen LogP contribution in [0, 0.1) is 6.92 Å². The molecule has 11 heteroatoms. The molecule has 4 rings (SSSR count). The van der Waals surface area contributed by atoms with Crippen LogP contribution in [-0.2, 0) is 10.0 Å². The molecule has 3 heterocycles. The molecule has 10 nitrogen and oxygen atoms in total. The van der Waals surface area contributed by atoms with Gasteiger partial charge in [0.15, 0.2) is 0 Å². The van der Waals surface area contributed by atoms with Crippen LogP contribution < -0.4 is 14.9 Å². The van der Waals surface area contributed by atoms with Gasteiger partial charge in [0.1, 0.15) is 17.8 Å². The van der Waals surface area contributed by atoms with Crippen molar-refractivity contribution < 1.29 is 13.2 Å². The van der Waals surface area contributed by atoms with Crippen molar-refractivity contribution in [3.8, 4) is 0 Å². The van der Waals surface area contributed by atoms with Crippen LogP contribution in [0.4, 0.5) is 17.5 Å². The summed E-state index contributed by atoms with van der Waals surface area (Å²) in [7, 11) is -3.86. The minimum Gasteiger partial charge on any atom is -0.357 e. The van der Waals surface area contributed by atoms with Crippen LogP contribution in [0.1, 0.15) is 35.4 Å². The van der Waals surface area contributed by atoms with E-state index in [-0.39, 0.29) is 16.5 Å². The molecule has 166 valence electrons. The van der Waals surface area contributed by atoms with Crippen LogP contribution >= 0.6 is 0 Å². The number of carbonyl (C=O) groups is 1. The van der Waals surface area contributed by atoms with Gasteiger partial charge >= 0.3 is 0 Å². The highest BCUT2D eigenvalue weighted by Crippen LogP contribution is 2.19. The van der Waals surface area contributed by atoms with E-state index < -0.39 is 15.9 Å². The number of carbonyl (C=O) groups excluding carboxylic acids is 1. The van der Waals surface area contributed by atoms with Gasteiger partial charge in [-0.05, 0) is 56.5 Å². The lowest BCUT2D eigenvalue weighted by molar-refractivity contribution is 0.102. The second-order valence-corrected chi connectivity index (χ2v) is 9.10. The zero-order valence-electron chi connectivity index (χ0n) is 17.5. The normalized spacial score (nSPS) is 14.1. The lowest BCUT2D eigenvalue weighted by Crippen LogP contribution is -2.30. The molecule has 3 aromatic rings. The Morgan fingerprint density at radius 1 is 1.00 bits per heavy atom. The van der Waals surface area contributed by atoms with Crippen molar-refractivity contribution in [2.45, 2.75) is 31.1 Å². The molecule has 0 saturated carbocycles. The van der Waals surface area contributed by atoms with Gasteiger partial charge in [0.2, 0.25) is 5.95 Å². The molecule has 2 N–H and O–H groups in total. The Kier molecular flexibility index (Phi) is 6.26. The molecule has 0 atom stereocenters. The number of amides is 1. The van der Waals surface area contributed by atoms with Crippen molar-refractivity contribution in [2.75, 3.05) is 28.0 Å². The van der Waals surface area contributed by atoms with Crippen LogP contribution in [0.2, 0.25) is 0 Å². The van der Waals surface area contributed by atoms with Crippen molar-refractivity contribution in [3.05, 3.63) is 60.3 Å². The van der Waals surface area contributed by atoms with Gasteiger partial charge in [0.25, 0.3) is 15.9 Å². The zero-order valence-corrected chi connectivity index (χ0v) is 18.3. The topological polar surface area (TPSA) is 130 Å². The van der Waals surface area contributed by atoms with E-state index in [0.29, 0.717) is 11.4 Å². The molecule has 1 aliphatic rings. The highest BCUT2D eigenvalue weighted by atomic mass is 32.2. The molecular weight excluding hydrogens is 430 g/mol. The third-order valence-electron chi connectivity index (χ3n) is 5.01. The van der Waals surface area contributed by atoms with Crippen LogP contribution in [0.5, 0.6) is 0 Å². The van der Waals surface area contributed by atoms with Crippen LogP contribution in [-0.4, -0.2) is 47.4 Å². The van der Waals surface area contributed by atoms with Gasteiger partial charge in [-0.2, -0.15) is 0 Å². The Morgan fingerprint density at radius 3 is 2.47 bits per heavy atom. The molecule has 2 aromatic heterocycles. The van der Waals surface area contributed by atoms with E-state index in [4.69, 9.17) is 0 Å². The summed E-state index contributed by atoms with van der Waals surface area (Å²) in [4.78, 5) is 31.1. The summed E-state index contributed by atoms with van der Waals surface area (Å²) in [6.07, 6.45) is 6.27. The molecule has 1 fully saturated rings. The number of anilines is 3. The highest BCUT2D eigenvalue weighted by molar-refractivity contribution is 7.92. The number of hydrogen-bond acceptors (Lipinski definition) is 8. The zero-order chi connectivity index (χ0) is 22.6. The number of aromatic nitrogens is 4. The van der Waals surface area contributed by atoms with Gasteiger partial charge in [-0.3, -0.25) is 4.79 Å². The maximum Gasteiger partial charge on any atom is 0.274 e. The first kappa shape index (κ1) is 21.6. The van der Waals surface area contributed by atoms with E-state index >= 15 is 0 Å². The van der Waals surface area contributed by atoms with Crippen LogP contribution in [0.15, 0.2) is 53.8 Å². The number of nitrogens with one attached hydrogen (secondary N) is 2. The molecule has 1 saturated heterocycles. The standard InChI is InChI=1S/C21H23N7O3S/c1-15-9-10-22-21(25-15)27-32(30,31)17-7-5-16(6-8-17)26-20(29)18-13-19(24-14-23-18)28-11-3-2-4-12-28/h5-10,13-14H,2-4,11-12H2,1H3,(H,26,29)(H,22,25,27). The third kappa shape index (κ3) is 5.17. The summed E-state index contributed by atoms with van der Waals surface area (Å²) in [5, 5.41) is 2.74. The average Bonchev–Trinajstić information content (AvgIpc) is 2.80. The number of aryl methyl sites for hydroxylation is 1. The fraction of sp³-hybridized carbons (Fsp3) is 0.286. The number of piperidine rings is 1. The summed E-state index contributed by atoms with van der Waals surface area (Å²) in [5.74, 6) is 0.332. The summed E-state index contributed by atoms with van der Waals surface area (Å²) >= 11 is 0. The van der Waals surface area contributed by atoms with Crippen molar-refractivity contribution >= 4 is 33.4 Å². The quantitative estimate of drug-likeness (QED) is 0.582. The summed E-state index contributed by atoms with van der Waals surface area (Å²) in [6.45, 7) is 3.56. The molecule has 1 aliphatic heterocycles. The van der Waals surface area contributed by atoms with E-state index in [1.807, 2.05) is 0 Å². The molecule has 0 bridgehead atoms. The third-order valence-corrected chi connectivity index (χ3v) is 6.35. The van der Waals surface area contributed by atoms with Crippen molar-refractivity contribution in [1.82, 2.24) is 19.9 Å². The second kappa shape index (κ2) is 9.27. The van der Waals surface area contributed by atoms with Crippen LogP contribution in [0.25, 0.3) is 0 Å². The van der Waals surface area contributed by atoms with Gasteiger partial charge in [0, 0.05) is 36.7 Å². The van der Waals surface area contributed by atoms with Crippen molar-refractivity contribution in [1.29, 1.82) is 0 Å². The molecular formula is C21H23N7O3S. The fourth-order valence-electron chi connectivity index (χ4n) is 3.36. The maximum absolute atomic E-state index is 12.6. The Bertz CT molecular complexity index is 1210. The minimum atomic E-state index is -3.86. The number of hydrogen-bond donors (Lipinski definition) is 2. The largest absolute Gasteiger partial charge is 0.357 e. The lowest BCUT2D eigenvalue weighted by atomic mass is 10.1. The number of sulfonamides is 1. The van der Waals surface area contributed by atoms with Gasteiger partial charge in [-0.15, -0.1) is 0 Å². The number of benzene rings is 1. The number of rotatable bonds is 6. The first-order chi connectivity index (χ1) is 15.4. The van der Waals surface area contributed by atoms with E-state index in [0.717, 1.165) is 31.7 Å². The van der Waals surface area contributed by atoms with E-state index in [1.54, 1.807) is 19.1 Å². The van der Waals surface area contributed by atoms with Crippen molar-refractivity contribution in [3.63, 3.8) is 0 Å².